The lowest BCUT2D eigenvalue weighted by Gasteiger charge is -2.34. The van der Waals surface area contributed by atoms with Crippen LogP contribution in [-0.2, 0) is 25.7 Å². The average molecular weight is 308 g/mol. The van der Waals surface area contributed by atoms with Gasteiger partial charge in [-0.1, -0.05) is 0 Å². The highest BCUT2D eigenvalue weighted by Gasteiger charge is 2.36. The minimum Gasteiger partial charge on any atom is -0.372 e. The smallest absolute Gasteiger partial charge is 0.271 e. The Bertz CT molecular complexity index is 553. The summed E-state index contributed by atoms with van der Waals surface area (Å²) in [6.07, 6.45) is 4.16. The lowest BCUT2D eigenvalue weighted by Crippen LogP contribution is -2.47. The third-order valence-corrected chi connectivity index (χ3v) is 3.89. The lowest BCUT2D eigenvalue weighted by molar-refractivity contribution is -0.174. The molecule has 3 rings (SSSR count). The lowest BCUT2D eigenvalue weighted by atomic mass is 10.1. The van der Waals surface area contributed by atoms with E-state index >= 15 is 0 Å². The van der Waals surface area contributed by atoms with E-state index in [1.165, 1.54) is 5.06 Å². The van der Waals surface area contributed by atoms with Crippen molar-refractivity contribution >= 4 is 11.8 Å². The van der Waals surface area contributed by atoms with Crippen molar-refractivity contribution in [1.82, 2.24) is 19.5 Å². The van der Waals surface area contributed by atoms with Crippen LogP contribution >= 0.6 is 0 Å². The van der Waals surface area contributed by atoms with Crippen LogP contribution in [-0.4, -0.2) is 64.2 Å². The Balaban J connectivity index is 1.77. The maximum Gasteiger partial charge on any atom is 0.271 e. The molecule has 0 bridgehead atoms. The molecule has 3 heterocycles. The van der Waals surface area contributed by atoms with Crippen molar-refractivity contribution in [2.75, 3.05) is 32.9 Å². The zero-order valence-corrected chi connectivity index (χ0v) is 12.6. The summed E-state index contributed by atoms with van der Waals surface area (Å²) in [4.78, 5) is 35.9. The molecule has 0 saturated carbocycles. The summed E-state index contributed by atoms with van der Waals surface area (Å²) in [6, 6.07) is -0.491. The van der Waals surface area contributed by atoms with Gasteiger partial charge in [0.25, 0.3) is 5.91 Å². The molecule has 1 atom stereocenters. The Kier molecular flexibility index (Phi) is 4.39. The van der Waals surface area contributed by atoms with Crippen molar-refractivity contribution < 1.29 is 19.2 Å². The number of hydrogen-bond donors (Lipinski definition) is 0. The van der Waals surface area contributed by atoms with E-state index in [9.17, 15) is 9.59 Å². The van der Waals surface area contributed by atoms with Gasteiger partial charge in [0.2, 0.25) is 5.91 Å². The first kappa shape index (κ1) is 15.0. The Morgan fingerprint density at radius 2 is 2.36 bits per heavy atom. The van der Waals surface area contributed by atoms with Gasteiger partial charge < -0.3 is 14.2 Å². The van der Waals surface area contributed by atoms with Crippen LogP contribution in [0.3, 0.4) is 0 Å². The van der Waals surface area contributed by atoms with Gasteiger partial charge in [-0.15, -0.1) is 0 Å². The summed E-state index contributed by atoms with van der Waals surface area (Å²) in [5.74, 6) is -0.250. The first-order valence-electron chi connectivity index (χ1n) is 7.51. The van der Waals surface area contributed by atoms with Crippen molar-refractivity contribution in [2.45, 2.75) is 25.9 Å². The Labute approximate surface area is 128 Å². The number of ether oxygens (including phenoxy) is 1. The summed E-state index contributed by atoms with van der Waals surface area (Å²) in [5, 5.41) is 1.39. The minimum absolute atomic E-state index is 0.0335. The monoisotopic (exact) mass is 308 g/mol. The minimum atomic E-state index is -0.491. The van der Waals surface area contributed by atoms with Crippen LogP contribution in [0.15, 0.2) is 12.5 Å². The molecule has 8 nitrogen and oxygen atoms in total. The average Bonchev–Trinajstić information content (AvgIpc) is 3.21. The molecule has 22 heavy (non-hydrogen) atoms. The fraction of sp³-hybridized carbons (Fsp3) is 0.643. The number of carbonyl (C=O) groups is 2. The van der Waals surface area contributed by atoms with Crippen molar-refractivity contribution in [2.24, 2.45) is 0 Å². The number of imidazole rings is 1. The number of hydroxylamine groups is 2. The van der Waals surface area contributed by atoms with Crippen LogP contribution < -0.4 is 0 Å². The first-order valence-corrected chi connectivity index (χ1v) is 7.51. The molecule has 2 aliphatic heterocycles. The van der Waals surface area contributed by atoms with E-state index in [0.717, 1.165) is 12.1 Å². The highest BCUT2D eigenvalue weighted by Crippen LogP contribution is 2.24. The second-order valence-electron chi connectivity index (χ2n) is 5.35. The Hall–Kier alpha value is -1.93. The summed E-state index contributed by atoms with van der Waals surface area (Å²) < 4.78 is 7.01. The Morgan fingerprint density at radius 3 is 3.09 bits per heavy atom. The predicted octanol–water partition coefficient (Wildman–Crippen LogP) is -0.0332. The van der Waals surface area contributed by atoms with Crippen molar-refractivity contribution in [3.63, 3.8) is 0 Å². The molecule has 1 aromatic rings. The number of amides is 2. The van der Waals surface area contributed by atoms with Gasteiger partial charge in [-0.05, 0) is 13.3 Å². The molecule has 8 heteroatoms. The molecule has 2 amide bonds. The molecule has 0 aromatic carbocycles. The maximum atomic E-state index is 12.6. The van der Waals surface area contributed by atoms with E-state index in [4.69, 9.17) is 9.57 Å². The van der Waals surface area contributed by atoms with Gasteiger partial charge >= 0.3 is 0 Å². The van der Waals surface area contributed by atoms with E-state index in [2.05, 4.69) is 4.98 Å². The number of fused-ring (bicyclic) bond motifs is 1. The van der Waals surface area contributed by atoms with E-state index in [1.807, 2.05) is 11.5 Å². The number of rotatable bonds is 4. The molecule has 1 aromatic heterocycles. The SMILES string of the molecule is CCOCC(=O)N1Cc2cncn2C(C(=O)N2CCCO2)C1. The van der Waals surface area contributed by atoms with Crippen molar-refractivity contribution in [3.8, 4) is 0 Å². The largest absolute Gasteiger partial charge is 0.372 e. The molecule has 120 valence electrons. The number of nitrogens with zero attached hydrogens (tertiary/aromatic N) is 4. The molecule has 1 saturated heterocycles. The number of carbonyl (C=O) groups excluding carboxylic acids is 2. The van der Waals surface area contributed by atoms with E-state index in [-0.39, 0.29) is 18.4 Å². The molecular weight excluding hydrogens is 288 g/mol. The van der Waals surface area contributed by atoms with Gasteiger partial charge in [0.1, 0.15) is 12.6 Å². The maximum absolute atomic E-state index is 12.6. The fourth-order valence-electron chi connectivity index (χ4n) is 2.75. The van der Waals surface area contributed by atoms with Gasteiger partial charge in [0.15, 0.2) is 0 Å². The number of hydrogen-bond acceptors (Lipinski definition) is 5. The quantitative estimate of drug-likeness (QED) is 0.780. The summed E-state index contributed by atoms with van der Waals surface area (Å²) in [6.45, 7) is 4.27. The van der Waals surface area contributed by atoms with E-state index in [1.54, 1.807) is 17.4 Å². The van der Waals surface area contributed by atoms with Crippen LogP contribution in [0.2, 0.25) is 0 Å². The summed E-state index contributed by atoms with van der Waals surface area (Å²) >= 11 is 0. The standard InChI is InChI=1S/C14H20N4O4/c1-2-21-9-13(19)16-7-11-6-15-10-17(11)12(8-16)14(20)18-4-3-5-22-18/h6,10,12H,2-5,7-9H2,1H3. The van der Waals surface area contributed by atoms with Gasteiger partial charge in [0, 0.05) is 12.8 Å². The van der Waals surface area contributed by atoms with Gasteiger partial charge in [-0.3, -0.25) is 14.4 Å². The second kappa shape index (κ2) is 6.45. The molecule has 1 fully saturated rings. The third-order valence-electron chi connectivity index (χ3n) is 3.89. The molecule has 2 aliphatic rings. The molecule has 0 aliphatic carbocycles. The van der Waals surface area contributed by atoms with Gasteiger partial charge in [0.05, 0.1) is 38.3 Å². The van der Waals surface area contributed by atoms with Crippen LogP contribution in [0.5, 0.6) is 0 Å². The molecular formula is C14H20N4O4. The normalized spacial score (nSPS) is 21.0. The second-order valence-corrected chi connectivity index (χ2v) is 5.35. The number of aromatic nitrogens is 2. The highest BCUT2D eigenvalue weighted by atomic mass is 16.7. The molecule has 1 unspecified atom stereocenters. The summed E-state index contributed by atoms with van der Waals surface area (Å²) in [7, 11) is 0. The Morgan fingerprint density at radius 1 is 1.50 bits per heavy atom. The fourth-order valence-corrected chi connectivity index (χ4v) is 2.75. The van der Waals surface area contributed by atoms with Gasteiger partial charge in [-0.2, -0.15) is 0 Å². The third kappa shape index (κ3) is 2.84. The van der Waals surface area contributed by atoms with Crippen LogP contribution in [0.25, 0.3) is 0 Å². The van der Waals surface area contributed by atoms with E-state index in [0.29, 0.717) is 32.8 Å². The predicted molar refractivity (Wildman–Crippen MR) is 75.5 cm³/mol. The zero-order valence-electron chi connectivity index (χ0n) is 12.6. The van der Waals surface area contributed by atoms with E-state index < -0.39 is 6.04 Å². The molecule has 0 radical (unpaired) electrons. The van der Waals surface area contributed by atoms with Crippen LogP contribution in [0.4, 0.5) is 0 Å². The molecule has 0 spiro atoms. The van der Waals surface area contributed by atoms with Crippen molar-refractivity contribution in [3.05, 3.63) is 18.2 Å². The van der Waals surface area contributed by atoms with Gasteiger partial charge in [-0.25, -0.2) is 10.0 Å². The topological polar surface area (TPSA) is 76.9 Å². The first-order chi connectivity index (χ1) is 10.7. The molecule has 0 N–H and O–H groups in total. The zero-order chi connectivity index (χ0) is 15.5. The van der Waals surface area contributed by atoms with Crippen LogP contribution in [0, 0.1) is 0 Å². The summed E-state index contributed by atoms with van der Waals surface area (Å²) in [5.41, 5.74) is 0.841. The van der Waals surface area contributed by atoms with Crippen LogP contribution in [0.1, 0.15) is 25.1 Å². The highest BCUT2D eigenvalue weighted by molar-refractivity contribution is 5.82. The van der Waals surface area contributed by atoms with Crippen molar-refractivity contribution in [1.29, 1.82) is 0 Å².